The summed E-state index contributed by atoms with van der Waals surface area (Å²) in [6, 6.07) is 1.26. The highest BCUT2D eigenvalue weighted by atomic mass is 19.1. The average Bonchev–Trinajstić information content (AvgIpc) is 1.97. The molecule has 0 aliphatic rings. The van der Waals surface area contributed by atoms with Crippen LogP contribution in [0.4, 0.5) is 10.1 Å². The number of rotatable bonds is 0. The van der Waals surface area contributed by atoms with Crippen molar-refractivity contribution < 1.29 is 9.50 Å². The number of aryl methyl sites for hydroxylation is 1. The van der Waals surface area contributed by atoms with E-state index in [-0.39, 0.29) is 17.3 Å². The number of hydrogen-bond donors (Lipinski definition) is 2. The van der Waals surface area contributed by atoms with Crippen molar-refractivity contribution in [3.05, 3.63) is 23.0 Å². The van der Waals surface area contributed by atoms with Crippen molar-refractivity contribution in [2.24, 2.45) is 0 Å². The number of halogens is 1. The minimum atomic E-state index is -0.377. The number of anilines is 1. The van der Waals surface area contributed by atoms with Crippen molar-refractivity contribution in [1.82, 2.24) is 0 Å². The third-order valence-corrected chi connectivity index (χ3v) is 1.73. The highest BCUT2D eigenvalue weighted by Crippen LogP contribution is 2.29. The first-order valence-corrected chi connectivity index (χ1v) is 3.28. The fraction of sp³-hybridized carbons (Fsp3) is 0.250. The number of hydrogen-bond acceptors (Lipinski definition) is 2. The topological polar surface area (TPSA) is 46.2 Å². The van der Waals surface area contributed by atoms with Crippen LogP contribution in [0.5, 0.6) is 5.75 Å². The zero-order chi connectivity index (χ0) is 8.59. The van der Waals surface area contributed by atoms with E-state index in [1.54, 1.807) is 6.92 Å². The van der Waals surface area contributed by atoms with Crippen LogP contribution in [0.3, 0.4) is 0 Å². The zero-order valence-corrected chi connectivity index (χ0v) is 6.48. The maximum absolute atomic E-state index is 12.8. The van der Waals surface area contributed by atoms with Gasteiger partial charge in [-0.05, 0) is 25.5 Å². The second-order valence-corrected chi connectivity index (χ2v) is 2.56. The molecular formula is C8H10FNO. The van der Waals surface area contributed by atoms with Gasteiger partial charge in [0.2, 0.25) is 0 Å². The largest absolute Gasteiger partial charge is 0.506 e. The smallest absolute Gasteiger partial charge is 0.141 e. The molecule has 0 spiro atoms. The molecule has 3 heteroatoms. The van der Waals surface area contributed by atoms with E-state index in [1.807, 2.05) is 0 Å². The third kappa shape index (κ3) is 1.13. The Morgan fingerprint density at radius 3 is 2.55 bits per heavy atom. The van der Waals surface area contributed by atoms with E-state index in [0.717, 1.165) is 0 Å². The van der Waals surface area contributed by atoms with Crippen molar-refractivity contribution in [3.63, 3.8) is 0 Å². The summed E-state index contributed by atoms with van der Waals surface area (Å²) in [7, 11) is 0. The Balaban J connectivity index is 3.46. The van der Waals surface area contributed by atoms with Crippen LogP contribution < -0.4 is 5.73 Å². The van der Waals surface area contributed by atoms with E-state index in [2.05, 4.69) is 0 Å². The van der Waals surface area contributed by atoms with Crippen molar-refractivity contribution in [2.75, 3.05) is 5.73 Å². The van der Waals surface area contributed by atoms with E-state index < -0.39 is 0 Å². The molecule has 0 bridgehead atoms. The predicted octanol–water partition coefficient (Wildman–Crippen LogP) is 1.73. The lowest BCUT2D eigenvalue weighted by Crippen LogP contribution is -1.95. The summed E-state index contributed by atoms with van der Waals surface area (Å²) in [6.07, 6.45) is 0. The fourth-order valence-electron chi connectivity index (χ4n) is 0.885. The fourth-order valence-corrected chi connectivity index (χ4v) is 0.885. The number of nitrogens with two attached hydrogens (primary N) is 1. The summed E-state index contributed by atoms with van der Waals surface area (Å²) in [4.78, 5) is 0. The first-order chi connectivity index (χ1) is 5.04. The van der Waals surface area contributed by atoms with E-state index >= 15 is 0 Å². The molecule has 60 valence electrons. The van der Waals surface area contributed by atoms with Gasteiger partial charge in [-0.3, -0.25) is 0 Å². The van der Waals surface area contributed by atoms with Crippen molar-refractivity contribution >= 4 is 5.69 Å². The molecule has 0 heterocycles. The van der Waals surface area contributed by atoms with Crippen molar-refractivity contribution in [1.29, 1.82) is 0 Å². The van der Waals surface area contributed by atoms with Gasteiger partial charge in [0.15, 0.2) is 0 Å². The number of phenolic OH excluding ortho intramolecular Hbond substituents is 1. The van der Waals surface area contributed by atoms with Crippen molar-refractivity contribution in [3.8, 4) is 5.75 Å². The lowest BCUT2D eigenvalue weighted by atomic mass is 10.1. The van der Waals surface area contributed by atoms with Gasteiger partial charge in [-0.15, -0.1) is 0 Å². The molecule has 1 aromatic rings. The zero-order valence-electron chi connectivity index (χ0n) is 6.48. The number of nitrogen functional groups attached to an aromatic ring is 1. The van der Waals surface area contributed by atoms with Crippen LogP contribution in [0.2, 0.25) is 0 Å². The lowest BCUT2D eigenvalue weighted by molar-refractivity contribution is 0.470. The van der Waals surface area contributed by atoms with Crippen LogP contribution >= 0.6 is 0 Å². The van der Waals surface area contributed by atoms with E-state index in [0.29, 0.717) is 11.1 Å². The lowest BCUT2D eigenvalue weighted by Gasteiger charge is -2.06. The van der Waals surface area contributed by atoms with Crippen LogP contribution in [-0.4, -0.2) is 5.11 Å². The Bertz CT molecular complexity index is 270. The minimum Gasteiger partial charge on any atom is -0.506 e. The van der Waals surface area contributed by atoms with Crippen LogP contribution in [0.1, 0.15) is 11.1 Å². The molecule has 1 rings (SSSR count). The van der Waals surface area contributed by atoms with Gasteiger partial charge in [-0.1, -0.05) is 0 Å². The Hall–Kier alpha value is -1.25. The number of aromatic hydroxyl groups is 1. The van der Waals surface area contributed by atoms with E-state index in [9.17, 15) is 9.50 Å². The van der Waals surface area contributed by atoms with Gasteiger partial charge in [0.05, 0.1) is 5.69 Å². The molecule has 0 atom stereocenters. The monoisotopic (exact) mass is 155 g/mol. The highest BCUT2D eigenvalue weighted by Gasteiger charge is 2.08. The summed E-state index contributed by atoms with van der Waals surface area (Å²) < 4.78 is 12.8. The molecule has 3 N–H and O–H groups in total. The Kier molecular flexibility index (Phi) is 1.72. The van der Waals surface area contributed by atoms with Gasteiger partial charge in [-0.25, -0.2) is 4.39 Å². The number of benzene rings is 1. The van der Waals surface area contributed by atoms with E-state index in [4.69, 9.17) is 5.73 Å². The Labute approximate surface area is 64.5 Å². The van der Waals surface area contributed by atoms with Gasteiger partial charge in [-0.2, -0.15) is 0 Å². The van der Waals surface area contributed by atoms with Gasteiger partial charge < -0.3 is 10.8 Å². The highest BCUT2D eigenvalue weighted by molar-refractivity contribution is 5.60. The predicted molar refractivity (Wildman–Crippen MR) is 42.0 cm³/mol. The Morgan fingerprint density at radius 1 is 1.45 bits per heavy atom. The second-order valence-electron chi connectivity index (χ2n) is 2.56. The molecule has 1 aromatic carbocycles. The van der Waals surface area contributed by atoms with Gasteiger partial charge in [0, 0.05) is 5.56 Å². The average molecular weight is 155 g/mol. The van der Waals surface area contributed by atoms with Crippen molar-refractivity contribution in [2.45, 2.75) is 13.8 Å². The number of phenols is 1. The Morgan fingerprint density at radius 2 is 2.00 bits per heavy atom. The molecule has 0 aliphatic carbocycles. The standard InChI is InChI=1S/C8H10FNO/c1-4-3-6(9)5(2)7(10)8(4)11/h3,11H,10H2,1-2H3. The third-order valence-electron chi connectivity index (χ3n) is 1.73. The molecule has 0 amide bonds. The van der Waals surface area contributed by atoms with Crippen LogP contribution in [0, 0.1) is 19.7 Å². The van der Waals surface area contributed by atoms with Gasteiger partial charge in [0.25, 0.3) is 0 Å². The summed E-state index contributed by atoms with van der Waals surface area (Å²) in [5.74, 6) is -0.401. The quantitative estimate of drug-likeness (QED) is 0.442. The molecule has 0 saturated heterocycles. The molecule has 0 unspecified atom stereocenters. The first kappa shape index (κ1) is 7.85. The molecule has 0 saturated carbocycles. The molecular weight excluding hydrogens is 145 g/mol. The SMILES string of the molecule is Cc1cc(F)c(C)c(N)c1O. The minimum absolute atomic E-state index is 0.0242. The molecule has 0 aromatic heterocycles. The van der Waals surface area contributed by atoms with Gasteiger partial charge >= 0.3 is 0 Å². The summed E-state index contributed by atoms with van der Waals surface area (Å²) in [6.45, 7) is 3.14. The summed E-state index contributed by atoms with van der Waals surface area (Å²) in [5, 5.41) is 9.22. The molecule has 11 heavy (non-hydrogen) atoms. The second kappa shape index (κ2) is 2.42. The maximum atomic E-state index is 12.8. The maximum Gasteiger partial charge on any atom is 0.141 e. The first-order valence-electron chi connectivity index (χ1n) is 3.28. The summed E-state index contributed by atoms with van der Waals surface area (Å²) in [5.41, 5.74) is 6.28. The molecule has 0 aliphatic heterocycles. The van der Waals surface area contributed by atoms with Crippen LogP contribution in [0.25, 0.3) is 0 Å². The molecule has 0 fully saturated rings. The molecule has 0 radical (unpaired) electrons. The normalized spacial score (nSPS) is 10.1. The van der Waals surface area contributed by atoms with Crippen LogP contribution in [0.15, 0.2) is 6.07 Å². The van der Waals surface area contributed by atoms with E-state index in [1.165, 1.54) is 13.0 Å². The summed E-state index contributed by atoms with van der Waals surface area (Å²) >= 11 is 0. The van der Waals surface area contributed by atoms with Gasteiger partial charge in [0.1, 0.15) is 11.6 Å². The van der Waals surface area contributed by atoms with Crippen LogP contribution in [-0.2, 0) is 0 Å². The molecule has 2 nitrogen and oxygen atoms in total.